The third-order valence-corrected chi connectivity index (χ3v) is 4.75. The SMILES string of the molecule is NCc1ccc(SCC2Cc3ccccc32)cc1. The van der Waals surface area contributed by atoms with Gasteiger partial charge in [0.1, 0.15) is 0 Å². The van der Waals surface area contributed by atoms with E-state index in [1.165, 1.54) is 28.2 Å². The highest BCUT2D eigenvalue weighted by Gasteiger charge is 2.24. The van der Waals surface area contributed by atoms with Crippen LogP contribution in [0, 0.1) is 0 Å². The van der Waals surface area contributed by atoms with Crippen LogP contribution < -0.4 is 5.73 Å². The molecule has 3 rings (SSSR count). The minimum Gasteiger partial charge on any atom is -0.326 e. The summed E-state index contributed by atoms with van der Waals surface area (Å²) in [5.74, 6) is 1.92. The Bertz CT molecular complexity index is 533. The molecule has 2 aromatic carbocycles. The van der Waals surface area contributed by atoms with Crippen LogP contribution in [-0.2, 0) is 13.0 Å². The minimum atomic E-state index is 0.626. The van der Waals surface area contributed by atoms with Gasteiger partial charge in [-0.05, 0) is 41.2 Å². The van der Waals surface area contributed by atoms with Gasteiger partial charge in [0, 0.05) is 17.2 Å². The number of hydrogen-bond acceptors (Lipinski definition) is 2. The van der Waals surface area contributed by atoms with Gasteiger partial charge in [0.15, 0.2) is 0 Å². The Balaban J connectivity index is 1.59. The molecule has 1 nitrogen and oxygen atoms in total. The van der Waals surface area contributed by atoms with Crippen molar-refractivity contribution in [2.24, 2.45) is 5.73 Å². The third kappa shape index (κ3) is 2.31. The van der Waals surface area contributed by atoms with Crippen molar-refractivity contribution in [2.45, 2.75) is 23.8 Å². The van der Waals surface area contributed by atoms with Crippen LogP contribution in [0.4, 0.5) is 0 Å². The van der Waals surface area contributed by atoms with E-state index in [-0.39, 0.29) is 0 Å². The fourth-order valence-corrected chi connectivity index (χ4v) is 3.45. The molecule has 2 heteroatoms. The van der Waals surface area contributed by atoms with Crippen molar-refractivity contribution in [1.29, 1.82) is 0 Å². The van der Waals surface area contributed by atoms with Crippen molar-refractivity contribution in [3.8, 4) is 0 Å². The Morgan fingerprint density at radius 1 is 1.06 bits per heavy atom. The number of thioether (sulfide) groups is 1. The van der Waals surface area contributed by atoms with Gasteiger partial charge in [0.05, 0.1) is 0 Å². The lowest BCUT2D eigenvalue weighted by molar-refractivity contribution is 0.677. The highest BCUT2D eigenvalue weighted by molar-refractivity contribution is 7.99. The molecule has 0 aliphatic heterocycles. The molecule has 0 fully saturated rings. The van der Waals surface area contributed by atoms with Crippen molar-refractivity contribution >= 4 is 11.8 Å². The lowest BCUT2D eigenvalue weighted by Gasteiger charge is -2.29. The monoisotopic (exact) mass is 255 g/mol. The molecule has 1 unspecified atom stereocenters. The summed E-state index contributed by atoms with van der Waals surface area (Å²) in [5, 5.41) is 0. The maximum atomic E-state index is 5.60. The lowest BCUT2D eigenvalue weighted by atomic mass is 9.79. The molecule has 2 N–H and O–H groups in total. The smallest absolute Gasteiger partial charge is 0.0178 e. The Hall–Kier alpha value is -1.25. The summed E-state index contributed by atoms with van der Waals surface area (Å²) < 4.78 is 0. The molecule has 0 amide bonds. The van der Waals surface area contributed by atoms with E-state index in [1.54, 1.807) is 5.56 Å². The third-order valence-electron chi connectivity index (χ3n) is 3.57. The van der Waals surface area contributed by atoms with Gasteiger partial charge in [-0.25, -0.2) is 0 Å². The fourth-order valence-electron chi connectivity index (χ4n) is 2.43. The first-order valence-corrected chi connectivity index (χ1v) is 7.35. The summed E-state index contributed by atoms with van der Waals surface area (Å²) in [4.78, 5) is 1.34. The van der Waals surface area contributed by atoms with Gasteiger partial charge < -0.3 is 5.73 Å². The predicted octanol–water partition coefficient (Wildman–Crippen LogP) is 3.58. The van der Waals surface area contributed by atoms with Gasteiger partial charge in [-0.15, -0.1) is 11.8 Å². The van der Waals surface area contributed by atoms with Crippen LogP contribution in [0.1, 0.15) is 22.6 Å². The zero-order valence-electron chi connectivity index (χ0n) is 10.3. The maximum absolute atomic E-state index is 5.60. The van der Waals surface area contributed by atoms with E-state index in [0.717, 1.165) is 5.92 Å². The molecule has 0 spiro atoms. The Morgan fingerprint density at radius 3 is 2.56 bits per heavy atom. The van der Waals surface area contributed by atoms with Gasteiger partial charge in [-0.1, -0.05) is 36.4 Å². The van der Waals surface area contributed by atoms with Gasteiger partial charge >= 0.3 is 0 Å². The Labute approximate surface area is 112 Å². The summed E-state index contributed by atoms with van der Waals surface area (Å²) in [6.07, 6.45) is 1.24. The lowest BCUT2D eigenvalue weighted by Crippen LogP contribution is -2.18. The van der Waals surface area contributed by atoms with E-state index >= 15 is 0 Å². The first-order valence-electron chi connectivity index (χ1n) is 6.36. The number of benzene rings is 2. The average Bonchev–Trinajstić information content (AvgIpc) is 2.40. The van der Waals surface area contributed by atoms with Crippen LogP contribution in [0.2, 0.25) is 0 Å². The second-order valence-electron chi connectivity index (χ2n) is 4.76. The normalized spacial score (nSPS) is 17.1. The van der Waals surface area contributed by atoms with Gasteiger partial charge in [0.2, 0.25) is 0 Å². The molecular weight excluding hydrogens is 238 g/mol. The Morgan fingerprint density at radius 2 is 1.83 bits per heavy atom. The topological polar surface area (TPSA) is 26.0 Å². The molecule has 0 radical (unpaired) electrons. The molecule has 2 aromatic rings. The fraction of sp³-hybridized carbons (Fsp3) is 0.250. The molecule has 0 aromatic heterocycles. The van der Waals surface area contributed by atoms with Crippen molar-refractivity contribution in [3.63, 3.8) is 0 Å². The quantitative estimate of drug-likeness (QED) is 0.845. The highest BCUT2D eigenvalue weighted by Crippen LogP contribution is 2.38. The standard InChI is InChI=1S/C16H17NS/c17-10-12-5-7-15(8-6-12)18-11-14-9-13-3-1-2-4-16(13)14/h1-8,14H,9-11,17H2. The van der Waals surface area contributed by atoms with Crippen LogP contribution >= 0.6 is 11.8 Å². The molecule has 1 aliphatic rings. The summed E-state index contributed by atoms with van der Waals surface area (Å²) in [6.45, 7) is 0.626. The molecule has 0 saturated carbocycles. The second-order valence-corrected chi connectivity index (χ2v) is 5.85. The van der Waals surface area contributed by atoms with E-state index in [4.69, 9.17) is 5.73 Å². The van der Waals surface area contributed by atoms with Gasteiger partial charge in [-0.2, -0.15) is 0 Å². The molecule has 1 aliphatic carbocycles. The number of hydrogen-bond donors (Lipinski definition) is 1. The first-order chi connectivity index (χ1) is 8.86. The first kappa shape index (κ1) is 11.8. The van der Waals surface area contributed by atoms with Crippen LogP contribution in [0.5, 0.6) is 0 Å². The molecule has 0 bridgehead atoms. The molecular formula is C16H17NS. The average molecular weight is 255 g/mol. The van der Waals surface area contributed by atoms with Crippen molar-refractivity contribution < 1.29 is 0 Å². The van der Waals surface area contributed by atoms with Crippen LogP contribution in [0.15, 0.2) is 53.4 Å². The molecule has 1 atom stereocenters. The highest BCUT2D eigenvalue weighted by atomic mass is 32.2. The molecule has 18 heavy (non-hydrogen) atoms. The zero-order chi connectivity index (χ0) is 12.4. The second kappa shape index (κ2) is 5.17. The molecule has 0 heterocycles. The van der Waals surface area contributed by atoms with Gasteiger partial charge in [-0.3, -0.25) is 0 Å². The van der Waals surface area contributed by atoms with Crippen LogP contribution in [0.25, 0.3) is 0 Å². The van der Waals surface area contributed by atoms with Gasteiger partial charge in [0.25, 0.3) is 0 Å². The van der Waals surface area contributed by atoms with Crippen molar-refractivity contribution in [1.82, 2.24) is 0 Å². The minimum absolute atomic E-state index is 0.626. The van der Waals surface area contributed by atoms with Crippen molar-refractivity contribution in [2.75, 3.05) is 5.75 Å². The van der Waals surface area contributed by atoms with E-state index in [1.807, 2.05) is 11.8 Å². The number of nitrogens with two attached hydrogens (primary N) is 1. The van der Waals surface area contributed by atoms with Crippen molar-refractivity contribution in [3.05, 3.63) is 65.2 Å². The number of fused-ring (bicyclic) bond motifs is 1. The summed E-state index contributed by atoms with van der Waals surface area (Å²) in [6, 6.07) is 17.4. The van der Waals surface area contributed by atoms with E-state index in [0.29, 0.717) is 6.54 Å². The summed E-state index contributed by atoms with van der Waals surface area (Å²) >= 11 is 1.95. The molecule has 92 valence electrons. The van der Waals surface area contributed by atoms with E-state index in [9.17, 15) is 0 Å². The summed E-state index contributed by atoms with van der Waals surface area (Å²) in [5.41, 5.74) is 9.88. The predicted molar refractivity (Wildman–Crippen MR) is 77.9 cm³/mol. The summed E-state index contributed by atoms with van der Waals surface area (Å²) in [7, 11) is 0. The maximum Gasteiger partial charge on any atom is 0.0178 e. The van der Waals surface area contributed by atoms with Crippen LogP contribution in [0.3, 0.4) is 0 Å². The largest absolute Gasteiger partial charge is 0.326 e. The zero-order valence-corrected chi connectivity index (χ0v) is 11.1. The number of rotatable bonds is 4. The molecule has 0 saturated heterocycles. The Kier molecular flexibility index (Phi) is 3.39. The van der Waals surface area contributed by atoms with E-state index in [2.05, 4.69) is 48.5 Å². The van der Waals surface area contributed by atoms with Crippen LogP contribution in [-0.4, -0.2) is 5.75 Å². The van der Waals surface area contributed by atoms with E-state index < -0.39 is 0 Å².